The molecule has 0 saturated heterocycles. The molecule has 0 aliphatic carbocycles. The van der Waals surface area contributed by atoms with Gasteiger partial charge in [0.25, 0.3) is 0 Å². The summed E-state index contributed by atoms with van der Waals surface area (Å²) < 4.78 is 0. The van der Waals surface area contributed by atoms with Crippen LogP contribution in [-0.4, -0.2) is 22.5 Å². The van der Waals surface area contributed by atoms with E-state index >= 15 is 0 Å². The van der Waals surface area contributed by atoms with Crippen molar-refractivity contribution in [1.29, 1.82) is 0 Å². The number of carbonyl (C=O) groups excluding carboxylic acids is 1. The molecule has 1 N–H and O–H groups in total. The van der Waals surface area contributed by atoms with Crippen molar-refractivity contribution in [2.45, 2.75) is 39.3 Å². The minimum absolute atomic E-state index is 0.0805. The van der Waals surface area contributed by atoms with Crippen LogP contribution in [0.15, 0.2) is 54.6 Å². The second-order valence-electron chi connectivity index (χ2n) is 7.50. The molecule has 1 aliphatic heterocycles. The normalized spacial score (nSPS) is 18.8. The Balaban J connectivity index is 2.06. The van der Waals surface area contributed by atoms with Crippen LogP contribution in [0.5, 0.6) is 0 Å². The monoisotopic (exact) mass is 323 g/mol. The third-order valence-electron chi connectivity index (χ3n) is 4.67. The zero-order valence-corrected chi connectivity index (χ0v) is 14.6. The molecule has 2 aromatic rings. The predicted molar refractivity (Wildman–Crippen MR) is 95.5 cm³/mol. The lowest BCUT2D eigenvalue weighted by molar-refractivity contribution is -0.145. The number of aliphatic hydroxyl groups excluding tert-OH is 1. The van der Waals surface area contributed by atoms with E-state index in [1.807, 2.05) is 74.2 Å². The highest BCUT2D eigenvalue weighted by Gasteiger charge is 2.39. The Labute approximate surface area is 143 Å². The molecule has 2 aromatic carbocycles. The lowest BCUT2D eigenvalue weighted by Crippen LogP contribution is -2.47. The van der Waals surface area contributed by atoms with Gasteiger partial charge in [0.15, 0.2) is 0 Å². The van der Waals surface area contributed by atoms with Crippen LogP contribution >= 0.6 is 0 Å². The van der Waals surface area contributed by atoms with Crippen LogP contribution in [0.1, 0.15) is 49.6 Å². The number of hydrogen-bond acceptors (Lipinski definition) is 2. The Morgan fingerprint density at radius 1 is 1.08 bits per heavy atom. The van der Waals surface area contributed by atoms with Crippen molar-refractivity contribution >= 4 is 5.91 Å². The predicted octanol–water partition coefficient (Wildman–Crippen LogP) is 3.89. The molecule has 0 aromatic heterocycles. The molecule has 126 valence electrons. The summed E-state index contributed by atoms with van der Waals surface area (Å²) in [4.78, 5) is 14.9. The standard InChI is InChI=1S/C21H25NO2/c1-21(2,3)20(24)22-14-13-15-9-7-8-12-17(15)18(22)19(23)16-10-5-4-6-11-16/h4-12,18-19,23H,13-14H2,1-3H3/t18-,19-/m0/s1. The lowest BCUT2D eigenvalue weighted by atomic mass is 9.84. The first-order valence-corrected chi connectivity index (χ1v) is 8.51. The van der Waals surface area contributed by atoms with Gasteiger partial charge in [-0.05, 0) is 23.1 Å². The highest BCUT2D eigenvalue weighted by molar-refractivity contribution is 5.82. The molecule has 0 unspecified atom stereocenters. The molecule has 3 nitrogen and oxygen atoms in total. The molecule has 24 heavy (non-hydrogen) atoms. The fourth-order valence-electron chi connectivity index (χ4n) is 3.43. The molecule has 3 heteroatoms. The maximum Gasteiger partial charge on any atom is 0.228 e. The van der Waals surface area contributed by atoms with Gasteiger partial charge in [0.05, 0.1) is 6.04 Å². The summed E-state index contributed by atoms with van der Waals surface area (Å²) in [5.74, 6) is 0.0805. The van der Waals surface area contributed by atoms with E-state index < -0.39 is 11.5 Å². The van der Waals surface area contributed by atoms with E-state index in [0.29, 0.717) is 6.54 Å². The number of rotatable bonds is 2. The number of benzene rings is 2. The Bertz CT molecular complexity index is 718. The first-order chi connectivity index (χ1) is 11.4. The first kappa shape index (κ1) is 16.7. The van der Waals surface area contributed by atoms with Gasteiger partial charge in [-0.3, -0.25) is 4.79 Å². The second-order valence-corrected chi connectivity index (χ2v) is 7.50. The van der Waals surface area contributed by atoms with Crippen LogP contribution in [0.2, 0.25) is 0 Å². The van der Waals surface area contributed by atoms with Crippen molar-refractivity contribution in [3.63, 3.8) is 0 Å². The topological polar surface area (TPSA) is 40.5 Å². The van der Waals surface area contributed by atoms with Crippen molar-refractivity contribution in [3.05, 3.63) is 71.3 Å². The number of nitrogens with zero attached hydrogens (tertiary/aromatic N) is 1. The summed E-state index contributed by atoms with van der Waals surface area (Å²) in [5.41, 5.74) is 2.64. The zero-order chi connectivity index (χ0) is 17.3. The zero-order valence-electron chi connectivity index (χ0n) is 14.6. The molecule has 3 rings (SSSR count). The van der Waals surface area contributed by atoms with Gasteiger partial charge in [0.1, 0.15) is 6.10 Å². The summed E-state index contributed by atoms with van der Waals surface area (Å²) in [6.07, 6.45) is 0.0923. The number of fused-ring (bicyclic) bond motifs is 1. The van der Waals surface area contributed by atoms with Crippen molar-refractivity contribution in [3.8, 4) is 0 Å². The fourth-order valence-corrected chi connectivity index (χ4v) is 3.43. The maximum atomic E-state index is 13.0. The van der Waals surface area contributed by atoms with E-state index in [1.165, 1.54) is 5.56 Å². The number of amides is 1. The molecule has 1 aliphatic rings. The van der Waals surface area contributed by atoms with Crippen molar-refractivity contribution < 1.29 is 9.90 Å². The van der Waals surface area contributed by atoms with Gasteiger partial charge >= 0.3 is 0 Å². The molecule has 0 fully saturated rings. The van der Waals surface area contributed by atoms with Crippen LogP contribution in [0.25, 0.3) is 0 Å². The molecule has 0 bridgehead atoms. The quantitative estimate of drug-likeness (QED) is 0.911. The smallest absolute Gasteiger partial charge is 0.228 e. The molecular weight excluding hydrogens is 298 g/mol. The molecule has 2 atom stereocenters. The van der Waals surface area contributed by atoms with E-state index in [-0.39, 0.29) is 11.9 Å². The highest BCUT2D eigenvalue weighted by atomic mass is 16.3. The minimum Gasteiger partial charge on any atom is -0.386 e. The number of aliphatic hydroxyl groups is 1. The molecule has 0 spiro atoms. The van der Waals surface area contributed by atoms with Crippen LogP contribution in [-0.2, 0) is 11.2 Å². The average Bonchev–Trinajstić information content (AvgIpc) is 2.59. The number of hydrogen-bond donors (Lipinski definition) is 1. The molecule has 1 heterocycles. The summed E-state index contributed by atoms with van der Waals surface area (Å²) in [6.45, 7) is 6.44. The lowest BCUT2D eigenvalue weighted by Gasteiger charge is -2.42. The van der Waals surface area contributed by atoms with Gasteiger partial charge in [-0.15, -0.1) is 0 Å². The molecule has 1 amide bonds. The van der Waals surface area contributed by atoms with Crippen LogP contribution < -0.4 is 0 Å². The van der Waals surface area contributed by atoms with Crippen LogP contribution in [0.4, 0.5) is 0 Å². The van der Waals surface area contributed by atoms with Gasteiger partial charge < -0.3 is 10.0 Å². The van der Waals surface area contributed by atoms with Gasteiger partial charge in [-0.1, -0.05) is 75.4 Å². The van der Waals surface area contributed by atoms with Crippen molar-refractivity contribution in [2.75, 3.05) is 6.54 Å². The van der Waals surface area contributed by atoms with E-state index in [4.69, 9.17) is 0 Å². The first-order valence-electron chi connectivity index (χ1n) is 8.51. The SMILES string of the molecule is CC(C)(C)C(=O)N1CCc2ccccc2[C@H]1[C@@H](O)c1ccccc1. The van der Waals surface area contributed by atoms with Crippen molar-refractivity contribution in [1.82, 2.24) is 4.90 Å². The summed E-state index contributed by atoms with van der Waals surface area (Å²) in [5, 5.41) is 11.1. The minimum atomic E-state index is -0.737. The number of carbonyl (C=O) groups is 1. The molecule has 0 radical (unpaired) electrons. The molecule has 0 saturated carbocycles. The van der Waals surface area contributed by atoms with Crippen LogP contribution in [0.3, 0.4) is 0 Å². The van der Waals surface area contributed by atoms with Gasteiger partial charge in [-0.25, -0.2) is 0 Å². The summed E-state index contributed by atoms with van der Waals surface area (Å²) in [7, 11) is 0. The van der Waals surface area contributed by atoms with Crippen LogP contribution in [0, 0.1) is 5.41 Å². The van der Waals surface area contributed by atoms with E-state index in [0.717, 1.165) is 17.5 Å². The highest BCUT2D eigenvalue weighted by Crippen LogP contribution is 2.40. The largest absolute Gasteiger partial charge is 0.386 e. The molecular formula is C21H25NO2. The third kappa shape index (κ3) is 3.09. The fraction of sp³-hybridized carbons (Fsp3) is 0.381. The summed E-state index contributed by atoms with van der Waals surface area (Å²) in [6, 6.07) is 17.4. The van der Waals surface area contributed by atoms with Crippen molar-refractivity contribution in [2.24, 2.45) is 5.41 Å². The van der Waals surface area contributed by atoms with E-state index in [2.05, 4.69) is 6.07 Å². The van der Waals surface area contributed by atoms with Gasteiger partial charge in [-0.2, -0.15) is 0 Å². The maximum absolute atomic E-state index is 13.0. The Morgan fingerprint density at radius 2 is 1.71 bits per heavy atom. The second kappa shape index (κ2) is 6.40. The summed E-state index contributed by atoms with van der Waals surface area (Å²) >= 11 is 0. The van der Waals surface area contributed by atoms with E-state index in [1.54, 1.807) is 0 Å². The van der Waals surface area contributed by atoms with Gasteiger partial charge in [0.2, 0.25) is 5.91 Å². The van der Waals surface area contributed by atoms with E-state index in [9.17, 15) is 9.90 Å². The Hall–Kier alpha value is -2.13. The Kier molecular flexibility index (Phi) is 4.46. The average molecular weight is 323 g/mol. The Morgan fingerprint density at radius 3 is 2.38 bits per heavy atom. The van der Waals surface area contributed by atoms with Gasteiger partial charge in [0, 0.05) is 12.0 Å². The third-order valence-corrected chi connectivity index (χ3v) is 4.67.